The van der Waals surface area contributed by atoms with Crippen LogP contribution in [0.2, 0.25) is 0 Å². The lowest BCUT2D eigenvalue weighted by atomic mass is 10.2. The van der Waals surface area contributed by atoms with Crippen LogP contribution in [-0.2, 0) is 11.3 Å². The van der Waals surface area contributed by atoms with Gasteiger partial charge in [-0.2, -0.15) is 0 Å². The molecule has 1 heterocycles. The average Bonchev–Trinajstić information content (AvgIpc) is 2.70. The normalized spacial score (nSPS) is 23.5. The van der Waals surface area contributed by atoms with Gasteiger partial charge in [0, 0.05) is 12.5 Å². The fraction of sp³-hybridized carbons (Fsp3) is 0.467. The molecule has 0 N–H and O–H groups in total. The van der Waals surface area contributed by atoms with Crippen LogP contribution in [-0.4, -0.2) is 23.5 Å². The van der Waals surface area contributed by atoms with Gasteiger partial charge < -0.3 is 4.74 Å². The Bertz CT molecular complexity index is 429. The van der Waals surface area contributed by atoms with E-state index in [2.05, 4.69) is 51.1 Å². The van der Waals surface area contributed by atoms with E-state index in [0.29, 0.717) is 0 Å². The van der Waals surface area contributed by atoms with Crippen molar-refractivity contribution in [3.63, 3.8) is 0 Å². The molecule has 0 aromatic heterocycles. The molecule has 1 atom stereocenters. The summed E-state index contributed by atoms with van der Waals surface area (Å²) in [7, 11) is 0. The van der Waals surface area contributed by atoms with Crippen molar-refractivity contribution in [3.05, 3.63) is 46.7 Å². The van der Waals surface area contributed by atoms with Crippen LogP contribution in [0.15, 0.2) is 41.1 Å². The van der Waals surface area contributed by atoms with E-state index in [1.165, 1.54) is 11.3 Å². The van der Waals surface area contributed by atoms with Gasteiger partial charge in [0.05, 0.1) is 13.2 Å². The molecule has 1 aliphatic heterocycles. The third kappa shape index (κ3) is 2.57. The van der Waals surface area contributed by atoms with Crippen LogP contribution in [0.25, 0.3) is 0 Å². The highest BCUT2D eigenvalue weighted by atomic mass is 32.2. The predicted molar refractivity (Wildman–Crippen MR) is 77.7 cm³/mol. The van der Waals surface area contributed by atoms with Crippen molar-refractivity contribution < 1.29 is 9.22 Å². The molecule has 0 bridgehead atoms. The molecular formula is C15H22NOS+. The number of ether oxygens (including phenoxy) is 1. The average molecular weight is 264 g/mol. The molecule has 18 heavy (non-hydrogen) atoms. The van der Waals surface area contributed by atoms with Crippen molar-refractivity contribution in [3.8, 4) is 0 Å². The second-order valence-electron chi connectivity index (χ2n) is 4.68. The van der Waals surface area contributed by atoms with Gasteiger partial charge in [-0.25, -0.2) is 0 Å². The van der Waals surface area contributed by atoms with Gasteiger partial charge in [0.15, 0.2) is 5.70 Å². The molecule has 0 spiro atoms. The SMILES string of the molecule is CCOC1=C(C)[N+](CC)(Cc2ccccc2)CS1. The number of allylic oxidation sites excluding steroid dienone is 1. The number of benzene rings is 1. The summed E-state index contributed by atoms with van der Waals surface area (Å²) < 4.78 is 6.75. The fourth-order valence-corrected chi connectivity index (χ4v) is 3.83. The van der Waals surface area contributed by atoms with Crippen LogP contribution in [0.1, 0.15) is 26.3 Å². The van der Waals surface area contributed by atoms with Crippen LogP contribution in [0.3, 0.4) is 0 Å². The first-order chi connectivity index (χ1) is 8.72. The first-order valence-electron chi connectivity index (χ1n) is 6.59. The van der Waals surface area contributed by atoms with Crippen LogP contribution in [0.4, 0.5) is 0 Å². The fourth-order valence-electron chi connectivity index (χ4n) is 2.39. The van der Waals surface area contributed by atoms with Crippen LogP contribution >= 0.6 is 11.8 Å². The summed E-state index contributed by atoms with van der Waals surface area (Å²) in [5.41, 5.74) is 2.78. The predicted octanol–water partition coefficient (Wildman–Crippen LogP) is 3.95. The summed E-state index contributed by atoms with van der Waals surface area (Å²) >= 11 is 1.86. The quantitative estimate of drug-likeness (QED) is 0.745. The van der Waals surface area contributed by atoms with Crippen molar-refractivity contribution in [1.82, 2.24) is 0 Å². The monoisotopic (exact) mass is 264 g/mol. The molecular weight excluding hydrogens is 242 g/mol. The Hall–Kier alpha value is -0.930. The van der Waals surface area contributed by atoms with Crippen LogP contribution < -0.4 is 0 Å². The molecule has 1 unspecified atom stereocenters. The van der Waals surface area contributed by atoms with E-state index in [-0.39, 0.29) is 0 Å². The molecule has 3 heteroatoms. The number of rotatable bonds is 5. The van der Waals surface area contributed by atoms with Gasteiger partial charge in [0.25, 0.3) is 0 Å². The Morgan fingerprint density at radius 1 is 1.22 bits per heavy atom. The van der Waals surface area contributed by atoms with Gasteiger partial charge >= 0.3 is 0 Å². The minimum Gasteiger partial charge on any atom is -0.483 e. The summed E-state index contributed by atoms with van der Waals surface area (Å²) in [5.74, 6) is 1.09. The van der Waals surface area contributed by atoms with E-state index < -0.39 is 0 Å². The van der Waals surface area contributed by atoms with E-state index >= 15 is 0 Å². The van der Waals surface area contributed by atoms with Gasteiger partial charge in [-0.3, -0.25) is 4.48 Å². The Morgan fingerprint density at radius 3 is 2.56 bits per heavy atom. The standard InChI is InChI=1S/C15H22NOS/c1-4-16(11-14-9-7-6-8-10-14)12-18-15(13(16)3)17-5-2/h6-10H,4-5,11-12H2,1-3H3/q+1. The first kappa shape index (κ1) is 13.5. The van der Waals surface area contributed by atoms with Gasteiger partial charge in [-0.05, 0) is 25.6 Å². The van der Waals surface area contributed by atoms with Crippen molar-refractivity contribution >= 4 is 11.8 Å². The van der Waals surface area contributed by atoms with E-state index in [9.17, 15) is 0 Å². The van der Waals surface area contributed by atoms with Crippen molar-refractivity contribution in [1.29, 1.82) is 0 Å². The third-order valence-electron chi connectivity index (χ3n) is 3.66. The molecule has 0 saturated carbocycles. The Balaban J connectivity index is 2.22. The Morgan fingerprint density at radius 2 is 1.94 bits per heavy atom. The maximum Gasteiger partial charge on any atom is 0.215 e. The van der Waals surface area contributed by atoms with Crippen LogP contribution in [0.5, 0.6) is 0 Å². The lowest BCUT2D eigenvalue weighted by Gasteiger charge is -2.33. The highest BCUT2D eigenvalue weighted by Gasteiger charge is 2.38. The van der Waals surface area contributed by atoms with Gasteiger partial charge in [0.1, 0.15) is 12.4 Å². The molecule has 2 nitrogen and oxygen atoms in total. The van der Waals surface area contributed by atoms with E-state index in [4.69, 9.17) is 4.74 Å². The molecule has 1 aliphatic rings. The second-order valence-corrected chi connectivity index (χ2v) is 5.60. The minimum absolute atomic E-state index is 0.759. The molecule has 2 rings (SSSR count). The van der Waals surface area contributed by atoms with E-state index in [1.54, 1.807) is 0 Å². The number of hydrogen-bond acceptors (Lipinski definition) is 2. The zero-order valence-corrected chi connectivity index (χ0v) is 12.3. The molecule has 0 saturated heterocycles. The molecule has 1 aromatic rings. The van der Waals surface area contributed by atoms with Crippen molar-refractivity contribution in [2.75, 3.05) is 19.0 Å². The Kier molecular flexibility index (Phi) is 4.36. The molecule has 1 aromatic carbocycles. The van der Waals surface area contributed by atoms with Crippen LogP contribution in [0, 0.1) is 0 Å². The molecule has 98 valence electrons. The number of nitrogens with zero attached hydrogens (tertiary/aromatic N) is 1. The largest absolute Gasteiger partial charge is 0.483 e. The van der Waals surface area contributed by atoms with Gasteiger partial charge in [0.2, 0.25) is 5.09 Å². The summed E-state index contributed by atoms with van der Waals surface area (Å²) in [6.45, 7) is 9.47. The number of hydrogen-bond donors (Lipinski definition) is 0. The highest BCUT2D eigenvalue weighted by Crippen LogP contribution is 2.40. The lowest BCUT2D eigenvalue weighted by Crippen LogP contribution is -2.42. The second kappa shape index (κ2) is 5.81. The van der Waals surface area contributed by atoms with E-state index in [0.717, 1.165) is 35.1 Å². The maximum atomic E-state index is 5.74. The number of thioether (sulfide) groups is 1. The number of quaternary nitrogens is 1. The van der Waals surface area contributed by atoms with Crippen molar-refractivity contribution in [2.24, 2.45) is 0 Å². The van der Waals surface area contributed by atoms with E-state index in [1.807, 2.05) is 11.8 Å². The molecule has 0 amide bonds. The molecule has 0 aliphatic carbocycles. The summed E-state index contributed by atoms with van der Waals surface area (Å²) in [5, 5.41) is 1.13. The van der Waals surface area contributed by atoms with Gasteiger partial charge in [-0.1, -0.05) is 30.3 Å². The summed E-state index contributed by atoms with van der Waals surface area (Å²) in [4.78, 5) is 0. The lowest BCUT2D eigenvalue weighted by molar-refractivity contribution is -0.889. The highest BCUT2D eigenvalue weighted by molar-refractivity contribution is 8.02. The molecule has 0 fully saturated rings. The summed E-state index contributed by atoms with van der Waals surface area (Å²) in [6, 6.07) is 10.7. The topological polar surface area (TPSA) is 9.23 Å². The van der Waals surface area contributed by atoms with Gasteiger partial charge in [-0.15, -0.1) is 0 Å². The maximum absolute atomic E-state index is 5.74. The Labute approximate surface area is 114 Å². The summed E-state index contributed by atoms with van der Waals surface area (Å²) in [6.07, 6.45) is 0. The minimum atomic E-state index is 0.759. The first-order valence-corrected chi connectivity index (χ1v) is 7.57. The third-order valence-corrected chi connectivity index (χ3v) is 4.96. The zero-order chi connectivity index (χ0) is 13.0. The molecule has 0 radical (unpaired) electrons. The van der Waals surface area contributed by atoms with Crippen molar-refractivity contribution in [2.45, 2.75) is 27.3 Å². The zero-order valence-electron chi connectivity index (χ0n) is 11.5. The smallest absolute Gasteiger partial charge is 0.215 e.